The third-order valence-corrected chi connectivity index (χ3v) is 6.68. The number of nitrogens with one attached hydrogen (secondary N) is 1. The molecule has 1 fully saturated rings. The maximum absolute atomic E-state index is 12.3. The van der Waals surface area contributed by atoms with Crippen LogP contribution in [0.15, 0.2) is 71.7 Å². The second-order valence-electron chi connectivity index (χ2n) is 9.49. The van der Waals surface area contributed by atoms with Gasteiger partial charge in [-0.3, -0.25) is 9.78 Å². The van der Waals surface area contributed by atoms with Gasteiger partial charge in [0.05, 0.1) is 5.39 Å². The number of aromatic nitrogens is 3. The van der Waals surface area contributed by atoms with Gasteiger partial charge in [0.1, 0.15) is 5.75 Å². The normalized spacial score (nSPS) is 15.0. The lowest BCUT2D eigenvalue weighted by atomic mass is 9.99. The first-order chi connectivity index (χ1) is 17.0. The fourth-order valence-corrected chi connectivity index (χ4v) is 4.63. The van der Waals surface area contributed by atoms with Crippen molar-refractivity contribution in [3.63, 3.8) is 0 Å². The van der Waals surface area contributed by atoms with Crippen LogP contribution in [0.5, 0.6) is 11.8 Å². The van der Waals surface area contributed by atoms with E-state index in [1.54, 1.807) is 18.3 Å². The van der Waals surface area contributed by atoms with Gasteiger partial charge in [-0.05, 0) is 93.0 Å². The molecule has 35 heavy (non-hydrogen) atoms. The second kappa shape index (κ2) is 9.88. The maximum atomic E-state index is 12.3. The molecule has 7 nitrogen and oxygen atoms in total. The van der Waals surface area contributed by atoms with Gasteiger partial charge in [-0.15, -0.1) is 0 Å². The first-order valence-electron chi connectivity index (χ1n) is 12.2. The van der Waals surface area contributed by atoms with E-state index in [4.69, 9.17) is 4.74 Å². The Morgan fingerprint density at radius 3 is 2.31 bits per heavy atom. The summed E-state index contributed by atoms with van der Waals surface area (Å²) in [6, 6.07) is 20.9. The molecule has 180 valence electrons. The van der Waals surface area contributed by atoms with E-state index in [9.17, 15) is 4.79 Å². The van der Waals surface area contributed by atoms with Gasteiger partial charge < -0.3 is 14.5 Å². The summed E-state index contributed by atoms with van der Waals surface area (Å²) in [6.07, 6.45) is 3.82. The van der Waals surface area contributed by atoms with Crippen molar-refractivity contribution in [1.29, 1.82) is 0 Å². The number of hydrogen-bond donors (Lipinski definition) is 1. The molecule has 1 saturated heterocycles. The van der Waals surface area contributed by atoms with Gasteiger partial charge in [0.25, 0.3) is 5.56 Å². The number of pyridine rings is 1. The fraction of sp³-hybridized carbons (Fsp3) is 0.321. The molecule has 4 aromatic rings. The molecule has 5 rings (SSSR count). The van der Waals surface area contributed by atoms with Crippen molar-refractivity contribution in [1.82, 2.24) is 19.9 Å². The fourth-order valence-electron chi connectivity index (χ4n) is 4.63. The summed E-state index contributed by atoms with van der Waals surface area (Å²) in [5.41, 5.74) is 3.75. The summed E-state index contributed by atoms with van der Waals surface area (Å²) >= 11 is 0. The zero-order valence-corrected chi connectivity index (χ0v) is 20.4. The predicted octanol–water partition coefficient (Wildman–Crippen LogP) is 5.47. The molecule has 3 heterocycles. The minimum atomic E-state index is -0.270. The number of fused-ring (bicyclic) bond motifs is 1. The quantitative estimate of drug-likeness (QED) is 0.404. The van der Waals surface area contributed by atoms with Gasteiger partial charge >= 0.3 is 6.01 Å². The molecular formula is C28H31N5O2. The lowest BCUT2D eigenvalue weighted by Gasteiger charge is -2.39. The van der Waals surface area contributed by atoms with E-state index in [1.807, 2.05) is 12.1 Å². The number of ether oxygens (including phenoxy) is 1. The van der Waals surface area contributed by atoms with Crippen LogP contribution < -0.4 is 15.2 Å². The van der Waals surface area contributed by atoms with E-state index >= 15 is 0 Å². The maximum Gasteiger partial charge on any atom is 0.304 e. The van der Waals surface area contributed by atoms with Crippen molar-refractivity contribution in [2.24, 2.45) is 0 Å². The summed E-state index contributed by atoms with van der Waals surface area (Å²) in [6.45, 7) is 6.61. The minimum Gasteiger partial charge on any atom is -0.426 e. The van der Waals surface area contributed by atoms with Crippen molar-refractivity contribution in [3.8, 4) is 11.8 Å². The average Bonchev–Trinajstić information content (AvgIpc) is 2.87. The number of piperidine rings is 1. The molecule has 2 aromatic carbocycles. The minimum absolute atomic E-state index is 0.130. The number of anilines is 2. The highest BCUT2D eigenvalue weighted by molar-refractivity contribution is 5.73. The molecule has 0 bridgehead atoms. The molecule has 0 amide bonds. The summed E-state index contributed by atoms with van der Waals surface area (Å²) in [5, 5.41) is 0.437. The van der Waals surface area contributed by atoms with Crippen molar-refractivity contribution in [2.75, 3.05) is 25.0 Å². The van der Waals surface area contributed by atoms with Crippen LogP contribution >= 0.6 is 0 Å². The standard InChI is InChI=1S/C28H31N5O2/c1-19(2)20-6-8-21(9-7-20)33(23-14-17-32(3)18-15-23)22-10-12-24(13-11-22)35-28-30-26-25(27(34)31-28)5-4-16-29-26/h4-13,16,19,23H,14-15,17-18H2,1-3H3,(H,29,30,31,34). The number of H-pyrrole nitrogens is 1. The second-order valence-corrected chi connectivity index (χ2v) is 9.49. The molecule has 1 aliphatic rings. The Kier molecular flexibility index (Phi) is 6.51. The van der Waals surface area contributed by atoms with E-state index in [2.05, 4.69) is 82.0 Å². The van der Waals surface area contributed by atoms with Gasteiger partial charge in [-0.25, -0.2) is 4.98 Å². The Hall–Kier alpha value is -3.71. The van der Waals surface area contributed by atoms with E-state index < -0.39 is 0 Å². The van der Waals surface area contributed by atoms with E-state index in [0.717, 1.165) is 31.6 Å². The SMILES string of the molecule is CC(C)c1ccc(N(c2ccc(Oc3nc4ncccc4c(=O)[nH]3)cc2)C2CCN(C)CC2)cc1. The van der Waals surface area contributed by atoms with E-state index in [0.29, 0.717) is 28.7 Å². The van der Waals surface area contributed by atoms with Crippen LogP contribution in [-0.4, -0.2) is 46.0 Å². The molecule has 0 aliphatic carbocycles. The Bertz CT molecular complexity index is 1340. The zero-order chi connectivity index (χ0) is 24.4. The number of benzene rings is 2. The van der Waals surface area contributed by atoms with E-state index in [-0.39, 0.29) is 11.6 Å². The molecule has 0 saturated carbocycles. The van der Waals surface area contributed by atoms with Gasteiger partial charge in [0.2, 0.25) is 0 Å². The van der Waals surface area contributed by atoms with Crippen molar-refractivity contribution in [2.45, 2.75) is 38.6 Å². The van der Waals surface area contributed by atoms with Crippen LogP contribution in [0, 0.1) is 0 Å². The molecule has 0 spiro atoms. The third kappa shape index (κ3) is 5.05. The van der Waals surface area contributed by atoms with Crippen LogP contribution in [0.1, 0.15) is 38.2 Å². The van der Waals surface area contributed by atoms with Gasteiger partial charge in [-0.1, -0.05) is 26.0 Å². The number of likely N-dealkylation sites (tertiary alicyclic amines) is 1. The Balaban J connectivity index is 1.42. The number of aromatic amines is 1. The van der Waals surface area contributed by atoms with Crippen LogP contribution in [-0.2, 0) is 0 Å². The molecule has 7 heteroatoms. The van der Waals surface area contributed by atoms with Crippen molar-refractivity contribution >= 4 is 22.4 Å². The zero-order valence-electron chi connectivity index (χ0n) is 20.4. The monoisotopic (exact) mass is 469 g/mol. The highest BCUT2D eigenvalue weighted by atomic mass is 16.5. The predicted molar refractivity (Wildman–Crippen MR) is 140 cm³/mol. The van der Waals surface area contributed by atoms with Crippen molar-refractivity contribution < 1.29 is 4.74 Å². The number of rotatable bonds is 6. The van der Waals surface area contributed by atoms with Crippen LogP contribution in [0.3, 0.4) is 0 Å². The van der Waals surface area contributed by atoms with Crippen molar-refractivity contribution in [3.05, 3.63) is 82.8 Å². The molecule has 2 aromatic heterocycles. The van der Waals surface area contributed by atoms with Gasteiger partial charge in [0.15, 0.2) is 5.65 Å². The van der Waals surface area contributed by atoms with Crippen LogP contribution in [0.4, 0.5) is 11.4 Å². The largest absolute Gasteiger partial charge is 0.426 e. The molecule has 1 aliphatic heterocycles. The summed E-state index contributed by atoms with van der Waals surface area (Å²) in [7, 11) is 2.19. The Morgan fingerprint density at radius 1 is 1.00 bits per heavy atom. The summed E-state index contributed by atoms with van der Waals surface area (Å²) in [5.74, 6) is 1.10. The third-order valence-electron chi connectivity index (χ3n) is 6.68. The van der Waals surface area contributed by atoms with E-state index in [1.165, 1.54) is 11.3 Å². The highest BCUT2D eigenvalue weighted by Gasteiger charge is 2.25. The molecule has 0 radical (unpaired) electrons. The number of hydrogen-bond acceptors (Lipinski definition) is 6. The molecule has 0 unspecified atom stereocenters. The lowest BCUT2D eigenvalue weighted by molar-refractivity contribution is 0.255. The summed E-state index contributed by atoms with van der Waals surface area (Å²) in [4.78, 5) is 28.4. The Morgan fingerprint density at radius 2 is 1.66 bits per heavy atom. The lowest BCUT2D eigenvalue weighted by Crippen LogP contribution is -2.41. The highest BCUT2D eigenvalue weighted by Crippen LogP contribution is 2.34. The first-order valence-corrected chi connectivity index (χ1v) is 12.2. The number of nitrogens with zero attached hydrogens (tertiary/aromatic N) is 4. The topological polar surface area (TPSA) is 74.3 Å². The molecule has 0 atom stereocenters. The molecule has 1 N–H and O–H groups in total. The average molecular weight is 470 g/mol. The molecular weight excluding hydrogens is 438 g/mol. The van der Waals surface area contributed by atoms with Crippen LogP contribution in [0.2, 0.25) is 0 Å². The smallest absolute Gasteiger partial charge is 0.304 e. The first kappa shape index (κ1) is 23.1. The Labute approximate surface area is 205 Å². The summed E-state index contributed by atoms with van der Waals surface area (Å²) < 4.78 is 5.88. The van der Waals surface area contributed by atoms with Crippen LogP contribution in [0.25, 0.3) is 11.0 Å². The van der Waals surface area contributed by atoms with Gasteiger partial charge in [0, 0.05) is 23.6 Å². The van der Waals surface area contributed by atoms with Gasteiger partial charge in [-0.2, -0.15) is 4.98 Å².